The van der Waals surface area contributed by atoms with E-state index in [1.807, 2.05) is 0 Å². The zero-order valence-corrected chi connectivity index (χ0v) is 12.3. The van der Waals surface area contributed by atoms with Gasteiger partial charge >= 0.3 is 19.5 Å². The summed E-state index contributed by atoms with van der Waals surface area (Å²) in [5, 5.41) is 17.9. The predicted molar refractivity (Wildman–Crippen MR) is 30.7 cm³/mol. The van der Waals surface area contributed by atoms with Gasteiger partial charge in [-0.05, 0) is 0 Å². The molecule has 0 aliphatic heterocycles. The van der Waals surface area contributed by atoms with Gasteiger partial charge in [0.25, 0.3) is 0 Å². The van der Waals surface area contributed by atoms with Gasteiger partial charge in [-0.25, -0.2) is 0 Å². The Morgan fingerprint density at radius 3 is 1.00 bits per heavy atom. The first-order valence-corrected chi connectivity index (χ1v) is 3.82. The molecule has 0 rings (SSSR count). The van der Waals surface area contributed by atoms with Gasteiger partial charge in [0.05, 0.1) is 20.5 Å². The van der Waals surface area contributed by atoms with Crippen LogP contribution in [-0.4, -0.2) is 31.7 Å². The third-order valence-electron chi connectivity index (χ3n) is 0. The standard InChI is InChI=1S/2CH4O2Si.Zn/c2*2-1(3)4;/h2*4H3,(H,2,3);/q;;+2/p-2. The van der Waals surface area contributed by atoms with Crippen LogP contribution in [0, 0.1) is 0 Å². The van der Waals surface area contributed by atoms with Crippen LogP contribution < -0.4 is 10.2 Å². The molecule has 0 bridgehead atoms. The minimum atomic E-state index is -0.944. The van der Waals surface area contributed by atoms with Crippen LogP contribution in [0.2, 0.25) is 0 Å². The maximum atomic E-state index is 8.95. The SMILES string of the molecule is O=C([O-])[SiH3].O=C([O-])[SiH3].[Zn+2]. The predicted octanol–water partition coefficient (Wildman–Crippen LogP) is -4.61. The molecule has 0 N–H and O–H groups in total. The average molecular weight is 216 g/mol. The summed E-state index contributed by atoms with van der Waals surface area (Å²) in [7, 11) is 0.309. The molecule has 0 aromatic rings. The van der Waals surface area contributed by atoms with Gasteiger partial charge in [-0.2, -0.15) is 0 Å². The zero-order valence-electron chi connectivity index (χ0n) is 5.34. The van der Waals surface area contributed by atoms with Crippen molar-refractivity contribution in [2.24, 2.45) is 0 Å². The van der Waals surface area contributed by atoms with E-state index in [9.17, 15) is 0 Å². The second-order valence-corrected chi connectivity index (χ2v) is 2.62. The smallest absolute Gasteiger partial charge is 0.556 e. The Kier molecular flexibility index (Phi) is 19.4. The number of carboxylic acid groups (broad SMARTS) is 2. The Labute approximate surface area is 71.2 Å². The van der Waals surface area contributed by atoms with Crippen molar-refractivity contribution in [2.45, 2.75) is 0 Å². The maximum absolute atomic E-state index is 8.95. The molecule has 0 aromatic heterocycles. The van der Waals surface area contributed by atoms with Gasteiger partial charge in [0.15, 0.2) is 0 Å². The molecule has 0 radical (unpaired) electrons. The van der Waals surface area contributed by atoms with Crippen molar-refractivity contribution < 1.29 is 39.3 Å². The van der Waals surface area contributed by atoms with Crippen LogP contribution >= 0.6 is 0 Å². The summed E-state index contributed by atoms with van der Waals surface area (Å²) >= 11 is 0. The average Bonchev–Trinajstić information content (AvgIpc) is 1.25. The molecule has 0 fully saturated rings. The Morgan fingerprint density at radius 2 is 1.00 bits per heavy atom. The Hall–Kier alpha value is -0.00286. The Bertz CT molecular complexity index is 74.6. The van der Waals surface area contributed by atoms with E-state index in [1.165, 1.54) is 0 Å². The molecular weight excluding hydrogens is 210 g/mol. The second-order valence-electron chi connectivity index (χ2n) is 0.983. The first-order chi connectivity index (χ1) is 3.46. The molecule has 0 unspecified atom stereocenters. The van der Waals surface area contributed by atoms with Gasteiger partial charge in [0, 0.05) is 11.2 Å². The fourth-order valence-electron chi connectivity index (χ4n) is 0. The number of carbonyl (C=O) groups is 2. The normalized spacial score (nSPS) is 6.22. The molecule has 0 aliphatic rings. The summed E-state index contributed by atoms with van der Waals surface area (Å²) in [6, 6.07) is 0. The van der Waals surface area contributed by atoms with E-state index in [1.54, 1.807) is 0 Å². The summed E-state index contributed by atoms with van der Waals surface area (Å²) < 4.78 is 0. The molecule has 9 heavy (non-hydrogen) atoms. The quantitative estimate of drug-likeness (QED) is 0.381. The van der Waals surface area contributed by atoms with E-state index < -0.39 is 11.2 Å². The number of hydrogen-bond donors (Lipinski definition) is 0. The van der Waals surface area contributed by atoms with E-state index in [-0.39, 0.29) is 40.0 Å². The molecule has 7 heteroatoms. The van der Waals surface area contributed by atoms with Gasteiger partial charge in [-0.1, -0.05) is 0 Å². The molecule has 0 amide bonds. The van der Waals surface area contributed by atoms with Crippen molar-refractivity contribution in [3.8, 4) is 0 Å². The Balaban J connectivity index is -0.0000000720. The first-order valence-electron chi connectivity index (χ1n) is 1.82. The first kappa shape index (κ1) is 16.0. The van der Waals surface area contributed by atoms with Gasteiger partial charge in [-0.3, -0.25) is 0 Å². The maximum Gasteiger partial charge on any atom is 2.00 e. The van der Waals surface area contributed by atoms with E-state index in [0.29, 0.717) is 0 Å². The van der Waals surface area contributed by atoms with Crippen LogP contribution in [0.15, 0.2) is 0 Å². The fraction of sp³-hybridized carbons (Fsp3) is 0. The zero-order chi connectivity index (χ0) is 7.15. The molecule has 0 saturated carbocycles. The molecule has 0 saturated heterocycles. The summed E-state index contributed by atoms with van der Waals surface area (Å²) in [6.07, 6.45) is 0. The van der Waals surface area contributed by atoms with Crippen molar-refractivity contribution in [1.82, 2.24) is 0 Å². The van der Waals surface area contributed by atoms with Gasteiger partial charge < -0.3 is 19.8 Å². The molecule has 4 nitrogen and oxygen atoms in total. The Morgan fingerprint density at radius 1 is 1.00 bits per heavy atom. The van der Waals surface area contributed by atoms with Gasteiger partial charge in [-0.15, -0.1) is 0 Å². The summed E-state index contributed by atoms with van der Waals surface area (Å²) in [5.41, 5.74) is -1.89. The fourth-order valence-corrected chi connectivity index (χ4v) is 0. The molecule has 0 spiro atoms. The number of rotatable bonds is 0. The van der Waals surface area contributed by atoms with Crippen molar-refractivity contribution in [1.29, 1.82) is 0 Å². The topological polar surface area (TPSA) is 80.3 Å². The molecule has 0 heterocycles. The minimum absolute atomic E-state index is 0. The summed E-state index contributed by atoms with van der Waals surface area (Å²) in [6.45, 7) is 0. The van der Waals surface area contributed by atoms with Crippen molar-refractivity contribution in [2.75, 3.05) is 0 Å². The summed E-state index contributed by atoms with van der Waals surface area (Å²) in [4.78, 5) is 17.9. The third-order valence-corrected chi connectivity index (χ3v) is 0. The van der Waals surface area contributed by atoms with Gasteiger partial charge in [0.1, 0.15) is 0 Å². The van der Waals surface area contributed by atoms with Crippen LogP contribution in [0.5, 0.6) is 0 Å². The number of hydrogen-bond acceptors (Lipinski definition) is 4. The van der Waals surface area contributed by atoms with Crippen LogP contribution in [-0.2, 0) is 19.5 Å². The third kappa shape index (κ3) is 35200000. The largest absolute Gasteiger partial charge is 2.00 e. The monoisotopic (exact) mass is 214 g/mol. The molecule has 0 aliphatic carbocycles. The van der Waals surface area contributed by atoms with Gasteiger partial charge in [0.2, 0.25) is 0 Å². The van der Waals surface area contributed by atoms with Crippen LogP contribution in [0.4, 0.5) is 9.59 Å². The summed E-state index contributed by atoms with van der Waals surface area (Å²) in [5.74, 6) is 0. The second kappa shape index (κ2) is 10.9. The van der Waals surface area contributed by atoms with E-state index in [2.05, 4.69) is 0 Å². The van der Waals surface area contributed by atoms with Crippen LogP contribution in [0.25, 0.3) is 0 Å². The van der Waals surface area contributed by atoms with Crippen molar-refractivity contribution >= 4 is 31.7 Å². The molecule has 0 aromatic carbocycles. The molecule has 48 valence electrons. The van der Waals surface area contributed by atoms with Crippen molar-refractivity contribution in [3.63, 3.8) is 0 Å². The van der Waals surface area contributed by atoms with Crippen molar-refractivity contribution in [3.05, 3.63) is 0 Å². The van der Waals surface area contributed by atoms with E-state index in [4.69, 9.17) is 19.8 Å². The molecular formula is C2H6O4Si2Zn. The number of carbonyl (C=O) groups excluding carboxylic acids is 2. The minimum Gasteiger partial charge on any atom is -0.556 e. The van der Waals surface area contributed by atoms with Crippen LogP contribution in [0.1, 0.15) is 0 Å². The van der Waals surface area contributed by atoms with Crippen LogP contribution in [0.3, 0.4) is 0 Å². The van der Waals surface area contributed by atoms with E-state index >= 15 is 0 Å². The molecule has 0 atom stereocenters. The van der Waals surface area contributed by atoms with E-state index in [0.717, 1.165) is 0 Å².